The maximum atomic E-state index is 5.74. The SMILES string of the molecule is CC(C)N(C)CCCCNc1nc(Cl)ncc1Br. The zero-order chi connectivity index (χ0) is 13.5. The highest BCUT2D eigenvalue weighted by Crippen LogP contribution is 2.19. The van der Waals surface area contributed by atoms with E-state index >= 15 is 0 Å². The van der Waals surface area contributed by atoms with Crippen LogP contribution in [0.15, 0.2) is 10.7 Å². The monoisotopic (exact) mass is 334 g/mol. The summed E-state index contributed by atoms with van der Waals surface area (Å²) in [5.41, 5.74) is 0. The number of halogens is 2. The van der Waals surface area contributed by atoms with E-state index in [-0.39, 0.29) is 5.28 Å². The van der Waals surface area contributed by atoms with E-state index < -0.39 is 0 Å². The molecule has 1 rings (SSSR count). The fourth-order valence-corrected chi connectivity index (χ4v) is 1.89. The minimum atomic E-state index is 0.264. The smallest absolute Gasteiger partial charge is 0.224 e. The third-order valence-corrected chi connectivity index (χ3v) is 3.59. The maximum Gasteiger partial charge on any atom is 0.224 e. The van der Waals surface area contributed by atoms with Crippen molar-refractivity contribution in [2.45, 2.75) is 32.7 Å². The third-order valence-electron chi connectivity index (χ3n) is 2.83. The van der Waals surface area contributed by atoms with Gasteiger partial charge in [0, 0.05) is 18.8 Å². The van der Waals surface area contributed by atoms with Gasteiger partial charge in [0.1, 0.15) is 5.82 Å². The Morgan fingerprint density at radius 3 is 2.83 bits per heavy atom. The Morgan fingerprint density at radius 2 is 2.17 bits per heavy atom. The quantitative estimate of drug-likeness (QED) is 0.612. The molecule has 1 aromatic rings. The van der Waals surface area contributed by atoms with Gasteiger partial charge in [-0.1, -0.05) is 0 Å². The van der Waals surface area contributed by atoms with Crippen molar-refractivity contribution in [1.29, 1.82) is 0 Å². The number of hydrogen-bond acceptors (Lipinski definition) is 4. The van der Waals surface area contributed by atoms with Crippen LogP contribution in [-0.2, 0) is 0 Å². The Bertz CT molecular complexity index is 373. The van der Waals surface area contributed by atoms with Crippen LogP contribution in [0.1, 0.15) is 26.7 Å². The summed E-state index contributed by atoms with van der Waals surface area (Å²) in [5.74, 6) is 0.757. The Balaban J connectivity index is 2.24. The molecule has 0 spiro atoms. The molecule has 4 nitrogen and oxygen atoms in total. The van der Waals surface area contributed by atoms with Gasteiger partial charge in [-0.3, -0.25) is 0 Å². The Kier molecular flexibility index (Phi) is 6.89. The predicted molar refractivity (Wildman–Crippen MR) is 80.2 cm³/mol. The third kappa shape index (κ3) is 5.50. The van der Waals surface area contributed by atoms with Crippen LogP contribution in [-0.4, -0.2) is 41.0 Å². The van der Waals surface area contributed by atoms with E-state index in [0.29, 0.717) is 6.04 Å². The van der Waals surface area contributed by atoms with Gasteiger partial charge in [0.2, 0.25) is 5.28 Å². The lowest BCUT2D eigenvalue weighted by atomic mass is 10.2. The average Bonchev–Trinajstić information content (AvgIpc) is 2.32. The Labute approximate surface area is 122 Å². The average molecular weight is 336 g/mol. The van der Waals surface area contributed by atoms with Gasteiger partial charge in [0.05, 0.1) is 4.47 Å². The Morgan fingerprint density at radius 1 is 1.44 bits per heavy atom. The first-order valence-electron chi connectivity index (χ1n) is 6.13. The van der Waals surface area contributed by atoms with E-state index in [2.05, 4.69) is 57.0 Å². The highest BCUT2D eigenvalue weighted by atomic mass is 79.9. The highest BCUT2D eigenvalue weighted by Gasteiger charge is 2.04. The van der Waals surface area contributed by atoms with Crippen LogP contribution >= 0.6 is 27.5 Å². The molecular weight excluding hydrogens is 316 g/mol. The molecule has 0 aliphatic heterocycles. The molecule has 0 fully saturated rings. The van der Waals surface area contributed by atoms with E-state index in [4.69, 9.17) is 11.6 Å². The van der Waals surface area contributed by atoms with Gasteiger partial charge in [0.15, 0.2) is 0 Å². The minimum Gasteiger partial charge on any atom is -0.369 e. The summed E-state index contributed by atoms with van der Waals surface area (Å²) in [6, 6.07) is 0.604. The first-order valence-corrected chi connectivity index (χ1v) is 7.30. The molecule has 102 valence electrons. The van der Waals surface area contributed by atoms with Crippen LogP contribution in [0.5, 0.6) is 0 Å². The number of unbranched alkanes of at least 4 members (excludes halogenated alkanes) is 1. The molecular formula is C12H20BrClN4. The molecule has 0 amide bonds. The lowest BCUT2D eigenvalue weighted by Gasteiger charge is -2.20. The number of nitrogens with one attached hydrogen (secondary N) is 1. The van der Waals surface area contributed by atoms with Gasteiger partial charge in [0.25, 0.3) is 0 Å². The number of nitrogens with zero attached hydrogens (tertiary/aromatic N) is 3. The van der Waals surface area contributed by atoms with E-state index in [1.807, 2.05) is 0 Å². The summed E-state index contributed by atoms with van der Waals surface area (Å²) in [5, 5.41) is 3.52. The van der Waals surface area contributed by atoms with E-state index in [1.165, 1.54) is 0 Å². The summed E-state index contributed by atoms with van der Waals surface area (Å²) in [6.45, 7) is 6.42. The van der Waals surface area contributed by atoms with Crippen LogP contribution in [0.3, 0.4) is 0 Å². The second kappa shape index (κ2) is 7.92. The van der Waals surface area contributed by atoms with Crippen molar-refractivity contribution in [3.63, 3.8) is 0 Å². The fourth-order valence-electron chi connectivity index (χ4n) is 1.42. The van der Waals surface area contributed by atoms with Crippen molar-refractivity contribution < 1.29 is 0 Å². The van der Waals surface area contributed by atoms with Crippen LogP contribution < -0.4 is 5.32 Å². The van der Waals surface area contributed by atoms with E-state index in [1.54, 1.807) is 6.20 Å². The number of anilines is 1. The van der Waals surface area contributed by atoms with E-state index in [0.717, 1.165) is 36.2 Å². The first kappa shape index (κ1) is 15.7. The van der Waals surface area contributed by atoms with Crippen LogP contribution in [0, 0.1) is 0 Å². The second-order valence-electron chi connectivity index (χ2n) is 4.54. The molecule has 1 N–H and O–H groups in total. The predicted octanol–water partition coefficient (Wildman–Crippen LogP) is 3.42. The van der Waals surface area contributed by atoms with Crippen molar-refractivity contribution in [3.8, 4) is 0 Å². The summed E-state index contributed by atoms with van der Waals surface area (Å²) in [4.78, 5) is 10.4. The molecule has 0 radical (unpaired) electrons. The topological polar surface area (TPSA) is 41.0 Å². The molecule has 0 aromatic carbocycles. The van der Waals surface area contributed by atoms with Crippen molar-refractivity contribution in [1.82, 2.24) is 14.9 Å². The molecule has 0 bridgehead atoms. The molecule has 0 atom stereocenters. The van der Waals surface area contributed by atoms with Gasteiger partial charge in [-0.25, -0.2) is 4.98 Å². The molecule has 0 aliphatic rings. The molecule has 6 heteroatoms. The summed E-state index contributed by atoms with van der Waals surface area (Å²) >= 11 is 9.13. The van der Waals surface area contributed by atoms with Crippen molar-refractivity contribution in [2.24, 2.45) is 0 Å². The van der Waals surface area contributed by atoms with Crippen molar-refractivity contribution >= 4 is 33.3 Å². The van der Waals surface area contributed by atoms with Crippen LogP contribution in [0.2, 0.25) is 5.28 Å². The van der Waals surface area contributed by atoms with Crippen LogP contribution in [0.25, 0.3) is 0 Å². The van der Waals surface area contributed by atoms with E-state index in [9.17, 15) is 0 Å². The van der Waals surface area contributed by atoms with Crippen molar-refractivity contribution in [3.05, 3.63) is 16.0 Å². The maximum absolute atomic E-state index is 5.74. The summed E-state index contributed by atoms with van der Waals surface area (Å²) < 4.78 is 0.839. The molecule has 1 aromatic heterocycles. The van der Waals surface area contributed by atoms with Crippen molar-refractivity contribution in [2.75, 3.05) is 25.5 Å². The number of rotatable bonds is 7. The standard InChI is InChI=1S/C12H20BrClN4/c1-9(2)18(3)7-5-4-6-15-11-10(13)8-16-12(14)17-11/h8-9H,4-7H2,1-3H3,(H,15,16,17). The second-order valence-corrected chi connectivity index (χ2v) is 5.74. The number of aromatic nitrogens is 2. The molecule has 0 aliphatic carbocycles. The largest absolute Gasteiger partial charge is 0.369 e. The number of hydrogen-bond donors (Lipinski definition) is 1. The van der Waals surface area contributed by atoms with Gasteiger partial charge >= 0.3 is 0 Å². The zero-order valence-corrected chi connectivity index (χ0v) is 13.4. The highest BCUT2D eigenvalue weighted by molar-refractivity contribution is 9.10. The lowest BCUT2D eigenvalue weighted by molar-refractivity contribution is 0.269. The Hall–Kier alpha value is -0.390. The molecule has 0 unspecified atom stereocenters. The van der Waals surface area contributed by atoms with Gasteiger partial charge < -0.3 is 10.2 Å². The van der Waals surface area contributed by atoms with Gasteiger partial charge in [-0.15, -0.1) is 0 Å². The summed E-state index contributed by atoms with van der Waals surface area (Å²) in [7, 11) is 2.15. The zero-order valence-electron chi connectivity index (χ0n) is 11.1. The van der Waals surface area contributed by atoms with Crippen LogP contribution in [0.4, 0.5) is 5.82 Å². The molecule has 0 saturated heterocycles. The minimum absolute atomic E-state index is 0.264. The fraction of sp³-hybridized carbons (Fsp3) is 0.667. The normalized spacial score (nSPS) is 11.3. The molecule has 0 saturated carbocycles. The molecule has 1 heterocycles. The first-order chi connectivity index (χ1) is 8.50. The van der Waals surface area contributed by atoms with Gasteiger partial charge in [-0.05, 0) is 67.8 Å². The lowest BCUT2D eigenvalue weighted by Crippen LogP contribution is -2.27. The molecule has 18 heavy (non-hydrogen) atoms. The summed E-state index contributed by atoms with van der Waals surface area (Å²) in [6.07, 6.45) is 3.92. The van der Waals surface area contributed by atoms with Gasteiger partial charge in [-0.2, -0.15) is 4.98 Å².